The number of hydrogen-bond acceptors (Lipinski definition) is 6. The summed E-state index contributed by atoms with van der Waals surface area (Å²) in [5, 5.41) is 16.2. The number of piperidine rings is 1. The molecule has 7 heteroatoms. The first-order valence-corrected chi connectivity index (χ1v) is 7.26. The molecule has 2 heterocycles. The number of amides is 1. The van der Waals surface area contributed by atoms with Gasteiger partial charge in [-0.3, -0.25) is 0 Å². The lowest BCUT2D eigenvalue weighted by Gasteiger charge is -2.33. The first-order valence-electron chi connectivity index (χ1n) is 7.26. The van der Waals surface area contributed by atoms with E-state index in [4.69, 9.17) is 14.7 Å². The average molecular weight is 304 g/mol. The van der Waals surface area contributed by atoms with Gasteiger partial charge in [-0.1, -0.05) is 0 Å². The van der Waals surface area contributed by atoms with Crippen molar-refractivity contribution in [1.29, 1.82) is 5.26 Å². The Kier molecular flexibility index (Phi) is 4.81. The summed E-state index contributed by atoms with van der Waals surface area (Å²) in [5.74, 6) is 0.398. The van der Waals surface area contributed by atoms with Crippen LogP contribution in [0.3, 0.4) is 0 Å². The van der Waals surface area contributed by atoms with Gasteiger partial charge in [0.15, 0.2) is 5.69 Å². The van der Waals surface area contributed by atoms with Crippen LogP contribution in [-0.4, -0.2) is 46.0 Å². The van der Waals surface area contributed by atoms with Crippen LogP contribution in [0.4, 0.5) is 4.79 Å². The summed E-state index contributed by atoms with van der Waals surface area (Å²) in [7, 11) is 0. The number of hydrogen-bond donors (Lipinski definition) is 0. The highest BCUT2D eigenvalue weighted by Gasteiger charge is 2.27. The molecule has 0 aliphatic carbocycles. The van der Waals surface area contributed by atoms with Crippen LogP contribution in [0.1, 0.15) is 39.3 Å². The predicted molar refractivity (Wildman–Crippen MR) is 78.2 cm³/mol. The van der Waals surface area contributed by atoms with E-state index in [1.54, 1.807) is 17.0 Å². The third-order valence-corrected chi connectivity index (χ3v) is 3.14. The standard InChI is InChI=1S/C15H20N4O3/c1-15(2,3)22-14(20)19-8-6-12(7-9-19)21-13-5-4-11(10-16)17-18-13/h4-5,12H,6-9H2,1-3H3. The molecule has 1 aliphatic heterocycles. The van der Waals surface area contributed by atoms with E-state index in [0.29, 0.717) is 31.8 Å². The minimum absolute atomic E-state index is 0.0130. The van der Waals surface area contributed by atoms with Gasteiger partial charge >= 0.3 is 6.09 Å². The lowest BCUT2D eigenvalue weighted by atomic mass is 10.1. The molecule has 22 heavy (non-hydrogen) atoms. The lowest BCUT2D eigenvalue weighted by molar-refractivity contribution is 0.0122. The number of carbonyl (C=O) groups excluding carboxylic acids is 1. The van der Waals surface area contributed by atoms with Crippen molar-refractivity contribution in [3.8, 4) is 11.9 Å². The van der Waals surface area contributed by atoms with Gasteiger partial charge in [-0.15, -0.1) is 10.2 Å². The SMILES string of the molecule is CC(C)(C)OC(=O)N1CCC(Oc2ccc(C#N)nn2)CC1. The van der Waals surface area contributed by atoms with Crippen LogP contribution in [0.25, 0.3) is 0 Å². The van der Waals surface area contributed by atoms with Crippen LogP contribution in [0.15, 0.2) is 12.1 Å². The summed E-state index contributed by atoms with van der Waals surface area (Å²) < 4.78 is 11.1. The normalized spacial score (nSPS) is 16.0. The molecule has 0 unspecified atom stereocenters. The Hall–Kier alpha value is -2.36. The Bertz CT molecular complexity index is 552. The maximum absolute atomic E-state index is 12.0. The number of carbonyl (C=O) groups is 1. The van der Waals surface area contributed by atoms with Gasteiger partial charge in [0.25, 0.3) is 0 Å². The van der Waals surface area contributed by atoms with E-state index >= 15 is 0 Å². The zero-order chi connectivity index (χ0) is 16.2. The maximum Gasteiger partial charge on any atom is 0.410 e. The Morgan fingerprint density at radius 2 is 2.00 bits per heavy atom. The first kappa shape index (κ1) is 16.0. The summed E-state index contributed by atoms with van der Waals surface area (Å²) in [4.78, 5) is 13.6. The molecule has 1 saturated heterocycles. The number of nitrogens with zero attached hydrogens (tertiary/aromatic N) is 4. The van der Waals surface area contributed by atoms with Crippen LogP contribution in [0.2, 0.25) is 0 Å². The summed E-state index contributed by atoms with van der Waals surface area (Å²) >= 11 is 0. The third kappa shape index (κ3) is 4.58. The van der Waals surface area contributed by atoms with Gasteiger partial charge in [0.05, 0.1) is 0 Å². The van der Waals surface area contributed by atoms with Gasteiger partial charge in [-0.05, 0) is 26.8 Å². The zero-order valence-electron chi connectivity index (χ0n) is 13.1. The van der Waals surface area contributed by atoms with Crippen molar-refractivity contribution < 1.29 is 14.3 Å². The zero-order valence-corrected chi connectivity index (χ0v) is 13.1. The van der Waals surface area contributed by atoms with Crippen molar-refractivity contribution in [1.82, 2.24) is 15.1 Å². The Balaban J connectivity index is 1.82. The second-order valence-electron chi connectivity index (χ2n) is 6.15. The number of ether oxygens (including phenoxy) is 2. The van der Waals surface area contributed by atoms with Gasteiger partial charge in [0, 0.05) is 32.0 Å². The highest BCUT2D eigenvalue weighted by Crippen LogP contribution is 2.19. The molecule has 0 radical (unpaired) electrons. The molecule has 1 aromatic heterocycles. The Labute approximate surface area is 129 Å². The molecular weight excluding hydrogens is 284 g/mol. The molecule has 0 saturated carbocycles. The summed E-state index contributed by atoms with van der Waals surface area (Å²) in [6.07, 6.45) is 1.12. The summed E-state index contributed by atoms with van der Waals surface area (Å²) in [6, 6.07) is 5.11. The quantitative estimate of drug-likeness (QED) is 0.831. The van der Waals surface area contributed by atoms with Crippen LogP contribution in [-0.2, 0) is 4.74 Å². The van der Waals surface area contributed by atoms with Gasteiger partial charge in [0.1, 0.15) is 17.8 Å². The molecule has 1 amide bonds. The van der Waals surface area contributed by atoms with Crippen molar-refractivity contribution in [2.45, 2.75) is 45.3 Å². The van der Waals surface area contributed by atoms with E-state index in [1.165, 1.54) is 0 Å². The summed E-state index contributed by atoms with van der Waals surface area (Å²) in [6.45, 7) is 6.73. The van der Waals surface area contributed by atoms with Crippen molar-refractivity contribution >= 4 is 6.09 Å². The monoisotopic (exact) mass is 304 g/mol. The van der Waals surface area contributed by atoms with Gasteiger partial charge in [-0.2, -0.15) is 5.26 Å². The minimum atomic E-state index is -0.484. The molecule has 1 aliphatic rings. The lowest BCUT2D eigenvalue weighted by Crippen LogP contribution is -2.44. The van der Waals surface area contributed by atoms with Gasteiger partial charge in [-0.25, -0.2) is 4.79 Å². The van der Waals surface area contributed by atoms with E-state index in [1.807, 2.05) is 26.8 Å². The highest BCUT2D eigenvalue weighted by atomic mass is 16.6. The molecule has 0 spiro atoms. The average Bonchev–Trinajstić information content (AvgIpc) is 2.47. The second-order valence-corrected chi connectivity index (χ2v) is 6.15. The van der Waals surface area contributed by atoms with Crippen LogP contribution >= 0.6 is 0 Å². The molecular formula is C15H20N4O3. The third-order valence-electron chi connectivity index (χ3n) is 3.14. The predicted octanol–water partition coefficient (Wildman–Crippen LogP) is 2.13. The number of likely N-dealkylation sites (tertiary alicyclic amines) is 1. The molecule has 118 valence electrons. The largest absolute Gasteiger partial charge is 0.473 e. The van der Waals surface area contributed by atoms with Crippen LogP contribution < -0.4 is 4.74 Å². The molecule has 7 nitrogen and oxygen atoms in total. The molecule has 0 N–H and O–H groups in total. The van der Waals surface area contributed by atoms with E-state index < -0.39 is 5.60 Å². The number of nitriles is 1. The van der Waals surface area contributed by atoms with Gasteiger partial charge < -0.3 is 14.4 Å². The highest BCUT2D eigenvalue weighted by molar-refractivity contribution is 5.68. The molecule has 1 fully saturated rings. The topological polar surface area (TPSA) is 88.3 Å². The van der Waals surface area contributed by atoms with Crippen molar-refractivity contribution in [3.05, 3.63) is 17.8 Å². The number of aromatic nitrogens is 2. The Morgan fingerprint density at radius 1 is 1.32 bits per heavy atom. The van der Waals surface area contributed by atoms with E-state index in [2.05, 4.69) is 10.2 Å². The first-order chi connectivity index (χ1) is 10.4. The second kappa shape index (κ2) is 6.60. The Morgan fingerprint density at radius 3 is 2.50 bits per heavy atom. The summed E-state index contributed by atoms with van der Waals surface area (Å²) in [5.41, 5.74) is -0.227. The van der Waals surface area contributed by atoms with Gasteiger partial charge in [0.2, 0.25) is 5.88 Å². The molecule has 1 aromatic rings. The van der Waals surface area contributed by atoms with Crippen molar-refractivity contribution in [2.75, 3.05) is 13.1 Å². The van der Waals surface area contributed by atoms with Crippen molar-refractivity contribution in [2.24, 2.45) is 0 Å². The van der Waals surface area contributed by atoms with Crippen LogP contribution in [0, 0.1) is 11.3 Å². The molecule has 0 bridgehead atoms. The van der Waals surface area contributed by atoms with E-state index in [-0.39, 0.29) is 17.9 Å². The molecule has 0 aromatic carbocycles. The fourth-order valence-electron chi connectivity index (χ4n) is 2.10. The van der Waals surface area contributed by atoms with E-state index in [9.17, 15) is 4.79 Å². The molecule has 2 rings (SSSR count). The molecule has 0 atom stereocenters. The maximum atomic E-state index is 12.0. The minimum Gasteiger partial charge on any atom is -0.473 e. The van der Waals surface area contributed by atoms with Crippen LogP contribution in [0.5, 0.6) is 5.88 Å². The fourth-order valence-corrected chi connectivity index (χ4v) is 2.10. The fraction of sp³-hybridized carbons (Fsp3) is 0.600. The van der Waals surface area contributed by atoms with Crippen molar-refractivity contribution in [3.63, 3.8) is 0 Å². The smallest absolute Gasteiger partial charge is 0.410 e. The number of rotatable bonds is 2. The van der Waals surface area contributed by atoms with E-state index in [0.717, 1.165) is 0 Å².